The Morgan fingerprint density at radius 3 is 2.67 bits per heavy atom. The zero-order valence-electron chi connectivity index (χ0n) is 10.3. The van der Waals surface area contributed by atoms with E-state index < -0.39 is 16.0 Å². The number of thiophene rings is 1. The van der Waals surface area contributed by atoms with Crippen LogP contribution >= 0.6 is 23.1 Å². The van der Waals surface area contributed by atoms with Crippen LogP contribution < -0.4 is 0 Å². The molecule has 0 aliphatic rings. The van der Waals surface area contributed by atoms with E-state index in [9.17, 15) is 13.2 Å². The summed E-state index contributed by atoms with van der Waals surface area (Å²) in [6, 6.07) is 0. The number of carboxylic acid groups (broad SMARTS) is 1. The van der Waals surface area contributed by atoms with Gasteiger partial charge in [0.15, 0.2) is 0 Å². The van der Waals surface area contributed by atoms with Gasteiger partial charge >= 0.3 is 5.97 Å². The number of hydrogen-bond acceptors (Lipinski definition) is 5. The Bertz CT molecular complexity index is 535. The monoisotopic (exact) mass is 309 g/mol. The van der Waals surface area contributed by atoms with Gasteiger partial charge in [-0.3, -0.25) is 0 Å². The van der Waals surface area contributed by atoms with Crippen LogP contribution in [0.2, 0.25) is 0 Å². The zero-order valence-corrected chi connectivity index (χ0v) is 12.8. The lowest BCUT2D eigenvalue weighted by molar-refractivity contribution is 0.0698. The number of carboxylic acids is 1. The van der Waals surface area contributed by atoms with E-state index in [0.29, 0.717) is 17.9 Å². The minimum Gasteiger partial charge on any atom is -0.477 e. The second-order valence-electron chi connectivity index (χ2n) is 3.70. The summed E-state index contributed by atoms with van der Waals surface area (Å²) >= 11 is 2.48. The molecular weight excluding hydrogens is 294 g/mol. The fraction of sp³-hybridized carbons (Fsp3) is 0.500. The summed E-state index contributed by atoms with van der Waals surface area (Å²) in [6.45, 7) is 1.97. The molecule has 0 fully saturated rings. The number of aryl methyl sites for hydroxylation is 1. The number of rotatable bonds is 6. The van der Waals surface area contributed by atoms with Crippen molar-refractivity contribution >= 4 is 39.1 Å². The first-order valence-corrected chi connectivity index (χ1v) is 8.80. The highest BCUT2D eigenvalue weighted by molar-refractivity contribution is 7.98. The predicted molar refractivity (Wildman–Crippen MR) is 74.2 cm³/mol. The highest BCUT2D eigenvalue weighted by atomic mass is 32.2. The first kappa shape index (κ1) is 15.5. The maximum atomic E-state index is 12.3. The van der Waals surface area contributed by atoms with Gasteiger partial charge in [0.2, 0.25) is 10.0 Å². The SMILES string of the molecule is CSCCN(C)S(=O)(=O)c1c(C)csc1C(=O)O. The van der Waals surface area contributed by atoms with Gasteiger partial charge in [0, 0.05) is 19.3 Å². The third-order valence-corrected chi connectivity index (χ3v) is 6.24. The maximum absolute atomic E-state index is 12.3. The van der Waals surface area contributed by atoms with Gasteiger partial charge in [-0.1, -0.05) is 0 Å². The van der Waals surface area contributed by atoms with Crippen molar-refractivity contribution in [3.05, 3.63) is 15.8 Å². The number of nitrogens with zero attached hydrogens (tertiary/aromatic N) is 1. The molecule has 8 heteroatoms. The van der Waals surface area contributed by atoms with Crippen LogP contribution in [0.25, 0.3) is 0 Å². The normalized spacial score (nSPS) is 12.0. The quantitative estimate of drug-likeness (QED) is 0.866. The third-order valence-electron chi connectivity index (χ3n) is 2.39. The average molecular weight is 309 g/mol. The van der Waals surface area contributed by atoms with Gasteiger partial charge in [0.05, 0.1) is 0 Å². The first-order valence-electron chi connectivity index (χ1n) is 5.09. The van der Waals surface area contributed by atoms with Gasteiger partial charge in [0.1, 0.15) is 9.77 Å². The number of carbonyl (C=O) groups is 1. The van der Waals surface area contributed by atoms with Crippen molar-refractivity contribution in [3.8, 4) is 0 Å². The molecule has 0 saturated carbocycles. The highest BCUT2D eigenvalue weighted by Crippen LogP contribution is 2.29. The number of thioether (sulfide) groups is 1. The Labute approximate surface area is 115 Å². The Morgan fingerprint density at radius 1 is 1.56 bits per heavy atom. The van der Waals surface area contributed by atoms with Crippen LogP contribution in [0, 0.1) is 6.92 Å². The summed E-state index contributed by atoms with van der Waals surface area (Å²) < 4.78 is 25.8. The number of aromatic carboxylic acids is 1. The molecule has 0 atom stereocenters. The molecule has 1 N–H and O–H groups in total. The van der Waals surface area contributed by atoms with Crippen LogP contribution in [0.15, 0.2) is 10.3 Å². The van der Waals surface area contributed by atoms with Gasteiger partial charge < -0.3 is 5.11 Å². The van der Waals surface area contributed by atoms with E-state index in [2.05, 4.69) is 0 Å². The van der Waals surface area contributed by atoms with Crippen LogP contribution in [0.3, 0.4) is 0 Å². The van der Waals surface area contributed by atoms with E-state index in [1.807, 2.05) is 6.26 Å². The molecule has 0 unspecified atom stereocenters. The number of hydrogen-bond donors (Lipinski definition) is 1. The lowest BCUT2D eigenvalue weighted by Crippen LogP contribution is -2.30. The van der Waals surface area contributed by atoms with Gasteiger partial charge in [-0.2, -0.15) is 11.8 Å². The predicted octanol–water partition coefficient (Wildman–Crippen LogP) is 1.74. The van der Waals surface area contributed by atoms with Crippen LogP contribution in [-0.2, 0) is 10.0 Å². The van der Waals surface area contributed by atoms with Gasteiger partial charge in [-0.15, -0.1) is 11.3 Å². The second-order valence-corrected chi connectivity index (χ2v) is 7.55. The van der Waals surface area contributed by atoms with Crippen LogP contribution in [0.1, 0.15) is 15.2 Å². The summed E-state index contributed by atoms with van der Waals surface area (Å²) in [4.78, 5) is 10.8. The van der Waals surface area contributed by atoms with E-state index in [1.165, 1.54) is 23.1 Å². The smallest absolute Gasteiger partial charge is 0.347 e. The Hall–Kier alpha value is -0.570. The van der Waals surface area contributed by atoms with Crippen LogP contribution in [-0.4, -0.2) is 49.4 Å². The van der Waals surface area contributed by atoms with Crippen LogP contribution in [0.4, 0.5) is 0 Å². The molecule has 1 heterocycles. The summed E-state index contributed by atoms with van der Waals surface area (Å²) in [5.41, 5.74) is 0.480. The topological polar surface area (TPSA) is 74.7 Å². The Kier molecular flexibility index (Phi) is 5.20. The fourth-order valence-corrected chi connectivity index (χ4v) is 4.72. The summed E-state index contributed by atoms with van der Waals surface area (Å²) in [7, 11) is -2.26. The molecule has 0 amide bonds. The molecule has 102 valence electrons. The number of sulfonamides is 1. The third kappa shape index (κ3) is 3.05. The molecule has 0 spiro atoms. The minimum atomic E-state index is -3.72. The van der Waals surface area contributed by atoms with Crippen molar-refractivity contribution in [1.82, 2.24) is 4.31 Å². The largest absolute Gasteiger partial charge is 0.477 e. The van der Waals surface area contributed by atoms with Crippen molar-refractivity contribution in [1.29, 1.82) is 0 Å². The summed E-state index contributed by atoms with van der Waals surface area (Å²) in [5, 5.41) is 10.6. The van der Waals surface area contributed by atoms with Gasteiger partial charge in [-0.25, -0.2) is 17.5 Å². The van der Waals surface area contributed by atoms with E-state index >= 15 is 0 Å². The lowest BCUT2D eigenvalue weighted by atomic mass is 10.3. The van der Waals surface area contributed by atoms with Crippen molar-refractivity contribution in [2.75, 3.05) is 25.6 Å². The lowest BCUT2D eigenvalue weighted by Gasteiger charge is -2.17. The summed E-state index contributed by atoms with van der Waals surface area (Å²) in [6.07, 6.45) is 1.89. The molecular formula is C10H15NO4S3. The van der Waals surface area contributed by atoms with Crippen molar-refractivity contribution in [2.24, 2.45) is 0 Å². The van der Waals surface area contributed by atoms with E-state index in [4.69, 9.17) is 5.11 Å². The molecule has 1 aromatic rings. The molecule has 5 nitrogen and oxygen atoms in total. The standard InChI is InChI=1S/C10H15NO4S3/c1-7-6-17-8(10(12)13)9(7)18(14,15)11(2)4-5-16-3/h6H,4-5H2,1-3H3,(H,12,13). The first-order chi connectivity index (χ1) is 8.32. The molecule has 0 radical (unpaired) electrons. The summed E-state index contributed by atoms with van der Waals surface area (Å²) in [5.74, 6) is -0.536. The maximum Gasteiger partial charge on any atom is 0.347 e. The van der Waals surface area contributed by atoms with E-state index in [0.717, 1.165) is 11.3 Å². The minimum absolute atomic E-state index is 0.0800. The molecule has 0 aliphatic carbocycles. The average Bonchev–Trinajstić information content (AvgIpc) is 2.68. The Balaban J connectivity index is 3.20. The van der Waals surface area contributed by atoms with E-state index in [-0.39, 0.29) is 9.77 Å². The van der Waals surface area contributed by atoms with Gasteiger partial charge in [-0.05, 0) is 24.1 Å². The molecule has 0 aliphatic heterocycles. The molecule has 1 aromatic heterocycles. The Morgan fingerprint density at radius 2 is 2.17 bits per heavy atom. The van der Waals surface area contributed by atoms with Crippen molar-refractivity contribution < 1.29 is 18.3 Å². The second kappa shape index (κ2) is 6.05. The molecule has 0 bridgehead atoms. The van der Waals surface area contributed by atoms with E-state index in [1.54, 1.807) is 12.3 Å². The molecule has 0 aromatic carbocycles. The molecule has 18 heavy (non-hydrogen) atoms. The van der Waals surface area contributed by atoms with Crippen molar-refractivity contribution in [2.45, 2.75) is 11.8 Å². The van der Waals surface area contributed by atoms with Crippen LogP contribution in [0.5, 0.6) is 0 Å². The fourth-order valence-electron chi connectivity index (χ4n) is 1.40. The van der Waals surface area contributed by atoms with Crippen molar-refractivity contribution in [3.63, 3.8) is 0 Å². The molecule has 1 rings (SSSR count). The highest BCUT2D eigenvalue weighted by Gasteiger charge is 2.29. The molecule has 0 saturated heterocycles. The van der Waals surface area contributed by atoms with Gasteiger partial charge in [0.25, 0.3) is 0 Å². The zero-order chi connectivity index (χ0) is 13.9.